The lowest BCUT2D eigenvalue weighted by Gasteiger charge is -2.65. The SMILES string of the molecule is COc1cc(CNC23CC4CC(C)(CC(C)(C4)C2)C3)cc(Br)c1OCc1cccc(Cl)c1. The molecular formula is C27H33BrClNO2. The van der Waals surface area contributed by atoms with Gasteiger partial charge >= 0.3 is 0 Å². The van der Waals surface area contributed by atoms with Crippen LogP contribution in [0.1, 0.15) is 63.5 Å². The van der Waals surface area contributed by atoms with Gasteiger partial charge in [-0.1, -0.05) is 37.6 Å². The van der Waals surface area contributed by atoms with Crippen LogP contribution in [0.5, 0.6) is 11.5 Å². The second-order valence-electron chi connectivity index (χ2n) is 11.3. The van der Waals surface area contributed by atoms with Crippen LogP contribution in [0.15, 0.2) is 40.9 Å². The van der Waals surface area contributed by atoms with Crippen LogP contribution in [0.3, 0.4) is 0 Å². The molecule has 4 aliphatic carbocycles. The van der Waals surface area contributed by atoms with E-state index in [-0.39, 0.29) is 5.54 Å². The molecule has 1 N–H and O–H groups in total. The summed E-state index contributed by atoms with van der Waals surface area (Å²) < 4.78 is 12.7. The van der Waals surface area contributed by atoms with Gasteiger partial charge in [0.15, 0.2) is 11.5 Å². The van der Waals surface area contributed by atoms with Crippen molar-refractivity contribution >= 4 is 27.5 Å². The molecular weight excluding hydrogens is 486 g/mol. The lowest BCUT2D eigenvalue weighted by atomic mass is 9.43. The summed E-state index contributed by atoms with van der Waals surface area (Å²) in [5, 5.41) is 4.74. The molecule has 2 unspecified atom stereocenters. The first-order valence-electron chi connectivity index (χ1n) is 11.7. The number of nitrogens with one attached hydrogen (secondary N) is 1. The Morgan fingerprint density at radius 2 is 1.78 bits per heavy atom. The Balaban J connectivity index is 1.30. The molecule has 4 saturated carbocycles. The van der Waals surface area contributed by atoms with E-state index in [0.29, 0.717) is 22.5 Å². The van der Waals surface area contributed by atoms with Crippen LogP contribution in [-0.2, 0) is 13.2 Å². The van der Waals surface area contributed by atoms with Gasteiger partial charge in [-0.3, -0.25) is 0 Å². The van der Waals surface area contributed by atoms with Gasteiger partial charge in [0.1, 0.15) is 6.61 Å². The average molecular weight is 519 g/mol. The average Bonchev–Trinajstić information content (AvgIpc) is 2.68. The minimum Gasteiger partial charge on any atom is -0.493 e. The van der Waals surface area contributed by atoms with Crippen molar-refractivity contribution in [1.82, 2.24) is 5.32 Å². The van der Waals surface area contributed by atoms with Crippen LogP contribution in [0.25, 0.3) is 0 Å². The topological polar surface area (TPSA) is 30.5 Å². The molecule has 0 amide bonds. The number of benzene rings is 2. The Labute approximate surface area is 205 Å². The van der Waals surface area contributed by atoms with Crippen molar-refractivity contribution in [3.8, 4) is 11.5 Å². The first kappa shape index (κ1) is 22.6. The van der Waals surface area contributed by atoms with Gasteiger partial charge in [0.05, 0.1) is 11.6 Å². The predicted octanol–water partition coefficient (Wildman–Crippen LogP) is 7.53. The fourth-order valence-corrected chi connectivity index (χ4v) is 8.55. The van der Waals surface area contributed by atoms with E-state index in [2.05, 4.69) is 47.2 Å². The molecule has 4 aliphatic rings. The monoisotopic (exact) mass is 517 g/mol. The minimum atomic E-state index is 0.282. The van der Waals surface area contributed by atoms with Crippen LogP contribution < -0.4 is 14.8 Å². The third kappa shape index (κ3) is 4.43. The van der Waals surface area contributed by atoms with Crippen LogP contribution in [0.2, 0.25) is 5.02 Å². The third-order valence-electron chi connectivity index (χ3n) is 7.86. The van der Waals surface area contributed by atoms with Gasteiger partial charge < -0.3 is 14.8 Å². The summed E-state index contributed by atoms with van der Waals surface area (Å²) in [6, 6.07) is 12.0. The van der Waals surface area contributed by atoms with Crippen molar-refractivity contribution in [3.63, 3.8) is 0 Å². The molecule has 4 bridgehead atoms. The first-order valence-corrected chi connectivity index (χ1v) is 12.8. The fraction of sp³-hybridized carbons (Fsp3) is 0.556. The smallest absolute Gasteiger partial charge is 0.175 e. The normalized spacial score (nSPS) is 32.8. The highest BCUT2D eigenvalue weighted by molar-refractivity contribution is 9.10. The summed E-state index contributed by atoms with van der Waals surface area (Å²) >= 11 is 9.82. The van der Waals surface area contributed by atoms with E-state index in [9.17, 15) is 0 Å². The molecule has 0 aliphatic heterocycles. The molecule has 2 atom stereocenters. The van der Waals surface area contributed by atoms with E-state index >= 15 is 0 Å². The molecule has 32 heavy (non-hydrogen) atoms. The maximum absolute atomic E-state index is 6.11. The Morgan fingerprint density at radius 3 is 2.44 bits per heavy atom. The van der Waals surface area contributed by atoms with Gasteiger partial charge in [-0.2, -0.15) is 0 Å². The molecule has 4 fully saturated rings. The molecule has 3 nitrogen and oxygen atoms in total. The zero-order valence-corrected chi connectivity index (χ0v) is 21.6. The molecule has 0 heterocycles. The highest BCUT2D eigenvalue weighted by Crippen LogP contribution is 2.66. The first-order chi connectivity index (χ1) is 15.2. The Kier molecular flexibility index (Phi) is 5.79. The highest BCUT2D eigenvalue weighted by atomic mass is 79.9. The zero-order valence-electron chi connectivity index (χ0n) is 19.3. The summed E-state index contributed by atoms with van der Waals surface area (Å²) in [4.78, 5) is 0. The van der Waals surface area contributed by atoms with Gasteiger partial charge in [0.25, 0.3) is 0 Å². The Bertz CT molecular complexity index is 1010. The maximum atomic E-state index is 6.11. The van der Waals surface area contributed by atoms with Crippen LogP contribution >= 0.6 is 27.5 Å². The van der Waals surface area contributed by atoms with E-state index < -0.39 is 0 Å². The lowest BCUT2D eigenvalue weighted by Crippen LogP contribution is -2.63. The standard InChI is InChI=1S/C27H33BrClNO2/c1-25-10-20-11-26(2,15-25)17-27(12-20,16-25)30-13-19-8-22(28)24(23(9-19)31-3)32-14-18-5-4-6-21(29)7-18/h4-9,20,30H,10-17H2,1-3H3. The van der Waals surface area contributed by atoms with Gasteiger partial charge in [-0.05, 0) is 107 Å². The van der Waals surface area contributed by atoms with Crippen molar-refractivity contribution in [2.45, 2.75) is 71.1 Å². The fourth-order valence-electron chi connectivity index (χ4n) is 7.73. The summed E-state index contributed by atoms with van der Waals surface area (Å²) in [5.41, 5.74) is 3.55. The summed E-state index contributed by atoms with van der Waals surface area (Å²) in [5.74, 6) is 2.37. The predicted molar refractivity (Wildman–Crippen MR) is 133 cm³/mol. The van der Waals surface area contributed by atoms with Crippen molar-refractivity contribution < 1.29 is 9.47 Å². The van der Waals surface area contributed by atoms with Gasteiger partial charge in [-0.25, -0.2) is 0 Å². The molecule has 0 aromatic heterocycles. The minimum absolute atomic E-state index is 0.282. The van der Waals surface area contributed by atoms with E-state index in [1.165, 1.54) is 44.1 Å². The number of methoxy groups -OCH3 is 1. The van der Waals surface area contributed by atoms with E-state index in [1.54, 1.807) is 7.11 Å². The van der Waals surface area contributed by atoms with Crippen molar-refractivity contribution in [2.24, 2.45) is 16.7 Å². The van der Waals surface area contributed by atoms with Crippen molar-refractivity contribution in [2.75, 3.05) is 7.11 Å². The number of halogens is 2. The molecule has 0 saturated heterocycles. The van der Waals surface area contributed by atoms with Crippen LogP contribution in [0, 0.1) is 16.7 Å². The number of ether oxygens (including phenoxy) is 2. The Morgan fingerprint density at radius 1 is 1.03 bits per heavy atom. The van der Waals surface area contributed by atoms with E-state index in [0.717, 1.165) is 34.0 Å². The number of rotatable bonds is 7. The van der Waals surface area contributed by atoms with Gasteiger partial charge in [0.2, 0.25) is 0 Å². The quantitative estimate of drug-likeness (QED) is 0.411. The van der Waals surface area contributed by atoms with Gasteiger partial charge in [0, 0.05) is 17.1 Å². The molecule has 5 heteroatoms. The molecule has 2 aromatic rings. The summed E-state index contributed by atoms with van der Waals surface area (Å²) in [6.07, 6.45) is 8.19. The molecule has 0 spiro atoms. The molecule has 6 rings (SSSR count). The van der Waals surface area contributed by atoms with E-state index in [1.807, 2.05) is 24.3 Å². The summed E-state index contributed by atoms with van der Waals surface area (Å²) in [7, 11) is 1.70. The summed E-state index contributed by atoms with van der Waals surface area (Å²) in [6.45, 7) is 6.34. The van der Waals surface area contributed by atoms with Crippen molar-refractivity contribution in [3.05, 3.63) is 57.0 Å². The second kappa shape index (κ2) is 8.21. The number of hydrogen-bond donors (Lipinski definition) is 1. The van der Waals surface area contributed by atoms with E-state index in [4.69, 9.17) is 21.1 Å². The number of hydrogen-bond acceptors (Lipinski definition) is 3. The second-order valence-corrected chi connectivity index (χ2v) is 12.6. The lowest BCUT2D eigenvalue weighted by molar-refractivity contribution is -0.118. The Hall–Kier alpha value is -1.23. The maximum Gasteiger partial charge on any atom is 0.175 e. The molecule has 172 valence electrons. The largest absolute Gasteiger partial charge is 0.493 e. The molecule has 0 radical (unpaired) electrons. The van der Waals surface area contributed by atoms with Gasteiger partial charge in [-0.15, -0.1) is 0 Å². The highest BCUT2D eigenvalue weighted by Gasteiger charge is 2.59. The van der Waals surface area contributed by atoms with Crippen LogP contribution in [0.4, 0.5) is 0 Å². The van der Waals surface area contributed by atoms with Crippen LogP contribution in [-0.4, -0.2) is 12.6 Å². The third-order valence-corrected chi connectivity index (χ3v) is 8.68. The van der Waals surface area contributed by atoms with Crippen molar-refractivity contribution in [1.29, 1.82) is 0 Å². The molecule has 2 aromatic carbocycles. The zero-order chi connectivity index (χ0) is 22.6.